The standard InChI is InChI=1S/C14H22ClN3O2/c1-9(16)12-5-3-4-8-18(12)13(19)7-6-11-10(2)17-20-14(11)15/h9,12H,3-8,16H2,1-2H3. The number of hydrogen-bond acceptors (Lipinski definition) is 4. The predicted molar refractivity (Wildman–Crippen MR) is 77.6 cm³/mol. The molecule has 6 heteroatoms. The van der Waals surface area contributed by atoms with Crippen LogP contribution in [0.25, 0.3) is 0 Å². The lowest BCUT2D eigenvalue weighted by atomic mass is 9.96. The molecule has 1 saturated heterocycles. The number of likely N-dealkylation sites (tertiary alicyclic amines) is 1. The summed E-state index contributed by atoms with van der Waals surface area (Å²) in [7, 11) is 0. The van der Waals surface area contributed by atoms with Crippen molar-refractivity contribution in [2.45, 2.75) is 58.0 Å². The van der Waals surface area contributed by atoms with Crippen LogP contribution in [-0.4, -0.2) is 34.6 Å². The number of hydrogen-bond donors (Lipinski definition) is 1. The number of halogens is 1. The van der Waals surface area contributed by atoms with Gasteiger partial charge in [0.2, 0.25) is 11.1 Å². The van der Waals surface area contributed by atoms with Crippen LogP contribution in [0.3, 0.4) is 0 Å². The number of rotatable bonds is 4. The molecule has 1 fully saturated rings. The van der Waals surface area contributed by atoms with Gasteiger partial charge < -0.3 is 15.2 Å². The Morgan fingerprint density at radius 2 is 2.35 bits per heavy atom. The molecule has 5 nitrogen and oxygen atoms in total. The molecule has 20 heavy (non-hydrogen) atoms. The summed E-state index contributed by atoms with van der Waals surface area (Å²) in [6.45, 7) is 4.61. The third-order valence-electron chi connectivity index (χ3n) is 4.00. The third kappa shape index (κ3) is 3.33. The zero-order valence-electron chi connectivity index (χ0n) is 12.1. The smallest absolute Gasteiger partial charge is 0.229 e. The highest BCUT2D eigenvalue weighted by atomic mass is 35.5. The largest absolute Gasteiger partial charge is 0.344 e. The highest BCUT2D eigenvalue weighted by Gasteiger charge is 2.29. The van der Waals surface area contributed by atoms with Crippen LogP contribution in [0.15, 0.2) is 4.52 Å². The first-order chi connectivity index (χ1) is 9.50. The van der Waals surface area contributed by atoms with Crippen LogP contribution < -0.4 is 5.73 Å². The van der Waals surface area contributed by atoms with Crippen LogP contribution >= 0.6 is 11.6 Å². The van der Waals surface area contributed by atoms with E-state index in [0.717, 1.165) is 37.1 Å². The SMILES string of the molecule is Cc1noc(Cl)c1CCC(=O)N1CCCCC1C(C)N. The average molecular weight is 300 g/mol. The highest BCUT2D eigenvalue weighted by molar-refractivity contribution is 6.29. The number of amides is 1. The van der Waals surface area contributed by atoms with Gasteiger partial charge in [0.25, 0.3) is 0 Å². The number of carbonyl (C=O) groups excluding carboxylic acids is 1. The molecule has 0 bridgehead atoms. The molecule has 2 rings (SSSR count). The van der Waals surface area contributed by atoms with Crippen molar-refractivity contribution in [1.82, 2.24) is 10.1 Å². The second-order valence-corrected chi connectivity index (χ2v) is 5.87. The fourth-order valence-electron chi connectivity index (χ4n) is 2.83. The minimum Gasteiger partial charge on any atom is -0.344 e. The zero-order chi connectivity index (χ0) is 14.7. The van der Waals surface area contributed by atoms with Gasteiger partial charge in [-0.2, -0.15) is 0 Å². The molecule has 2 heterocycles. The number of aromatic nitrogens is 1. The summed E-state index contributed by atoms with van der Waals surface area (Å²) in [6, 6.07) is 0.176. The molecular formula is C14H22ClN3O2. The summed E-state index contributed by atoms with van der Waals surface area (Å²) in [5, 5.41) is 4.09. The van der Waals surface area contributed by atoms with Crippen molar-refractivity contribution < 1.29 is 9.32 Å². The molecule has 0 aromatic carbocycles. The van der Waals surface area contributed by atoms with Gasteiger partial charge in [-0.25, -0.2) is 0 Å². The van der Waals surface area contributed by atoms with Gasteiger partial charge in [-0.15, -0.1) is 0 Å². The van der Waals surface area contributed by atoms with Gasteiger partial charge in [0.1, 0.15) is 0 Å². The summed E-state index contributed by atoms with van der Waals surface area (Å²) in [5.74, 6) is 0.142. The van der Waals surface area contributed by atoms with Crippen LogP contribution in [-0.2, 0) is 11.2 Å². The maximum atomic E-state index is 12.4. The van der Waals surface area contributed by atoms with E-state index in [1.165, 1.54) is 0 Å². The second-order valence-electron chi connectivity index (χ2n) is 5.53. The molecule has 1 aromatic heterocycles. The Balaban J connectivity index is 1.97. The Kier molecular flexibility index (Phi) is 5.05. The van der Waals surface area contributed by atoms with Crippen molar-refractivity contribution in [2.24, 2.45) is 5.73 Å². The molecule has 0 radical (unpaired) electrons. The van der Waals surface area contributed by atoms with E-state index in [1.807, 2.05) is 18.7 Å². The summed E-state index contributed by atoms with van der Waals surface area (Å²) in [6.07, 6.45) is 4.19. The second kappa shape index (κ2) is 6.59. The summed E-state index contributed by atoms with van der Waals surface area (Å²) in [4.78, 5) is 14.3. The lowest BCUT2D eigenvalue weighted by molar-refractivity contribution is -0.135. The number of nitrogens with two attached hydrogens (primary N) is 1. The molecule has 2 N–H and O–H groups in total. The van der Waals surface area contributed by atoms with E-state index in [1.54, 1.807) is 0 Å². The van der Waals surface area contributed by atoms with Crippen LogP contribution in [0.5, 0.6) is 0 Å². The van der Waals surface area contributed by atoms with E-state index in [2.05, 4.69) is 5.16 Å². The fraction of sp³-hybridized carbons (Fsp3) is 0.714. The first-order valence-corrected chi connectivity index (χ1v) is 7.54. The fourth-order valence-corrected chi connectivity index (χ4v) is 3.10. The molecule has 0 saturated carbocycles. The zero-order valence-corrected chi connectivity index (χ0v) is 12.8. The first-order valence-electron chi connectivity index (χ1n) is 7.16. The topological polar surface area (TPSA) is 72.4 Å². The Morgan fingerprint density at radius 3 is 2.95 bits per heavy atom. The molecule has 2 atom stereocenters. The van der Waals surface area contributed by atoms with Crippen molar-refractivity contribution >= 4 is 17.5 Å². The average Bonchev–Trinajstić information content (AvgIpc) is 2.75. The molecule has 1 amide bonds. The van der Waals surface area contributed by atoms with Gasteiger partial charge in [0.05, 0.1) is 5.69 Å². The maximum Gasteiger partial charge on any atom is 0.229 e. The number of nitrogens with zero attached hydrogens (tertiary/aromatic N) is 2. The van der Waals surface area contributed by atoms with Gasteiger partial charge in [0.15, 0.2) is 0 Å². The Morgan fingerprint density at radius 1 is 1.60 bits per heavy atom. The molecule has 1 aliphatic heterocycles. The lowest BCUT2D eigenvalue weighted by Crippen LogP contribution is -2.51. The quantitative estimate of drug-likeness (QED) is 0.926. The number of piperidine rings is 1. The van der Waals surface area contributed by atoms with Gasteiger partial charge in [0, 0.05) is 30.6 Å². The molecule has 1 aliphatic rings. The van der Waals surface area contributed by atoms with Crippen molar-refractivity contribution in [3.05, 3.63) is 16.5 Å². The van der Waals surface area contributed by atoms with E-state index in [9.17, 15) is 4.79 Å². The predicted octanol–water partition coefficient (Wildman–Crippen LogP) is 2.30. The summed E-state index contributed by atoms with van der Waals surface area (Å²) < 4.78 is 4.90. The van der Waals surface area contributed by atoms with Crippen LogP contribution in [0.1, 0.15) is 43.9 Å². The van der Waals surface area contributed by atoms with Crippen molar-refractivity contribution in [1.29, 1.82) is 0 Å². The van der Waals surface area contributed by atoms with E-state index in [0.29, 0.717) is 12.8 Å². The van der Waals surface area contributed by atoms with E-state index >= 15 is 0 Å². The Labute approximate surface area is 124 Å². The molecular weight excluding hydrogens is 278 g/mol. The monoisotopic (exact) mass is 299 g/mol. The maximum absolute atomic E-state index is 12.4. The van der Waals surface area contributed by atoms with Gasteiger partial charge >= 0.3 is 0 Å². The minimum atomic E-state index is 0.0140. The highest BCUT2D eigenvalue weighted by Crippen LogP contribution is 2.23. The van der Waals surface area contributed by atoms with Crippen molar-refractivity contribution in [3.8, 4) is 0 Å². The van der Waals surface area contributed by atoms with Crippen LogP contribution in [0.2, 0.25) is 5.22 Å². The van der Waals surface area contributed by atoms with E-state index in [4.69, 9.17) is 21.9 Å². The van der Waals surface area contributed by atoms with Gasteiger partial charge in [-0.1, -0.05) is 5.16 Å². The van der Waals surface area contributed by atoms with Crippen LogP contribution in [0, 0.1) is 6.92 Å². The molecule has 112 valence electrons. The molecule has 0 spiro atoms. The van der Waals surface area contributed by atoms with Gasteiger partial charge in [-0.05, 0) is 51.1 Å². The number of aryl methyl sites for hydroxylation is 1. The Bertz CT molecular complexity index is 453. The first kappa shape index (κ1) is 15.3. The molecule has 2 unspecified atom stereocenters. The normalized spacial score (nSPS) is 21.0. The van der Waals surface area contributed by atoms with E-state index in [-0.39, 0.29) is 23.2 Å². The van der Waals surface area contributed by atoms with Crippen molar-refractivity contribution in [3.63, 3.8) is 0 Å². The molecule has 0 aliphatic carbocycles. The van der Waals surface area contributed by atoms with Gasteiger partial charge in [-0.3, -0.25) is 4.79 Å². The third-order valence-corrected chi connectivity index (χ3v) is 4.30. The summed E-state index contributed by atoms with van der Waals surface area (Å²) >= 11 is 5.92. The minimum absolute atomic E-state index is 0.0140. The molecule has 1 aromatic rings. The Hall–Kier alpha value is -1.07. The van der Waals surface area contributed by atoms with Crippen LogP contribution in [0.4, 0.5) is 0 Å². The summed E-state index contributed by atoms with van der Waals surface area (Å²) in [5.41, 5.74) is 7.58. The van der Waals surface area contributed by atoms with Crippen molar-refractivity contribution in [2.75, 3.05) is 6.54 Å². The lowest BCUT2D eigenvalue weighted by Gasteiger charge is -2.38. The number of carbonyl (C=O) groups is 1. The van der Waals surface area contributed by atoms with E-state index < -0.39 is 0 Å².